The third-order valence-corrected chi connectivity index (χ3v) is 4.79. The van der Waals surface area contributed by atoms with Crippen LogP contribution in [0, 0.1) is 5.92 Å². The number of urea groups is 1. The number of hydrogen-bond acceptors (Lipinski definition) is 5. The maximum absolute atomic E-state index is 11.8. The molecule has 0 spiro atoms. The lowest BCUT2D eigenvalue weighted by atomic mass is 9.86. The molecule has 24 heavy (non-hydrogen) atoms. The van der Waals surface area contributed by atoms with Gasteiger partial charge in [0, 0.05) is 17.0 Å². The summed E-state index contributed by atoms with van der Waals surface area (Å²) >= 11 is 1.49. The smallest absolute Gasteiger partial charge is 0.331 e. The molecule has 130 valence electrons. The monoisotopic (exact) mass is 350 g/mol. The molecule has 1 saturated carbocycles. The lowest BCUT2D eigenvalue weighted by Gasteiger charge is -2.29. The van der Waals surface area contributed by atoms with Gasteiger partial charge in [-0.05, 0) is 36.3 Å². The predicted molar refractivity (Wildman–Crippen MR) is 92.4 cm³/mol. The van der Waals surface area contributed by atoms with E-state index in [1.54, 1.807) is 6.08 Å². The number of carbonyl (C=O) groups excluding carboxylic acids is 3. The van der Waals surface area contributed by atoms with Crippen molar-refractivity contribution in [3.8, 4) is 0 Å². The van der Waals surface area contributed by atoms with E-state index in [-0.39, 0.29) is 6.04 Å². The number of rotatable bonds is 5. The standard InChI is InChI=1S/C17H22N2O4S/c1-12-5-2-3-7-14(12)18-17(22)19-15(20)11-23-16(21)9-8-13-6-4-10-24-13/h4,6,8-10,12,14H,2-3,5,7,11H2,1H3,(H2,18,19,20,22)/b9-8+/t12-,14+/m0/s1. The molecule has 6 nitrogen and oxygen atoms in total. The topological polar surface area (TPSA) is 84.5 Å². The third-order valence-electron chi connectivity index (χ3n) is 3.95. The quantitative estimate of drug-likeness (QED) is 0.632. The van der Waals surface area contributed by atoms with Gasteiger partial charge in [-0.2, -0.15) is 0 Å². The number of imide groups is 1. The van der Waals surface area contributed by atoms with Crippen molar-refractivity contribution in [2.45, 2.75) is 38.6 Å². The van der Waals surface area contributed by atoms with Crippen LogP contribution < -0.4 is 10.6 Å². The van der Waals surface area contributed by atoms with Gasteiger partial charge in [-0.15, -0.1) is 11.3 Å². The van der Waals surface area contributed by atoms with Crippen LogP contribution >= 0.6 is 11.3 Å². The van der Waals surface area contributed by atoms with E-state index in [0.717, 1.165) is 24.1 Å². The van der Waals surface area contributed by atoms with E-state index in [1.807, 2.05) is 17.5 Å². The van der Waals surface area contributed by atoms with Crippen LogP contribution in [0.5, 0.6) is 0 Å². The summed E-state index contributed by atoms with van der Waals surface area (Å²) in [4.78, 5) is 35.9. The second kappa shape index (κ2) is 9.22. The van der Waals surface area contributed by atoms with Gasteiger partial charge < -0.3 is 10.1 Å². The van der Waals surface area contributed by atoms with E-state index >= 15 is 0 Å². The Morgan fingerprint density at radius 2 is 2.12 bits per heavy atom. The zero-order valence-corrected chi connectivity index (χ0v) is 14.4. The average Bonchev–Trinajstić information content (AvgIpc) is 3.06. The molecule has 0 bridgehead atoms. The molecule has 1 aromatic heterocycles. The van der Waals surface area contributed by atoms with Crippen LogP contribution in [0.15, 0.2) is 23.6 Å². The molecule has 0 aromatic carbocycles. The van der Waals surface area contributed by atoms with Crippen molar-refractivity contribution >= 4 is 35.3 Å². The summed E-state index contributed by atoms with van der Waals surface area (Å²) in [6.07, 6.45) is 7.12. The van der Waals surface area contributed by atoms with Gasteiger partial charge in [0.25, 0.3) is 5.91 Å². The molecule has 2 N–H and O–H groups in total. The van der Waals surface area contributed by atoms with Crippen molar-refractivity contribution in [2.24, 2.45) is 5.92 Å². The minimum Gasteiger partial charge on any atom is -0.452 e. The van der Waals surface area contributed by atoms with Crippen LogP contribution in [0.1, 0.15) is 37.5 Å². The molecule has 1 heterocycles. The number of carbonyl (C=O) groups is 3. The van der Waals surface area contributed by atoms with Crippen LogP contribution in [0.4, 0.5) is 4.79 Å². The van der Waals surface area contributed by atoms with Crippen molar-refractivity contribution in [2.75, 3.05) is 6.61 Å². The molecule has 2 atom stereocenters. The number of nitrogens with one attached hydrogen (secondary N) is 2. The van der Waals surface area contributed by atoms with Gasteiger partial charge in [-0.25, -0.2) is 9.59 Å². The predicted octanol–water partition coefficient (Wildman–Crippen LogP) is 2.71. The number of hydrogen-bond donors (Lipinski definition) is 2. The molecule has 0 unspecified atom stereocenters. The van der Waals surface area contributed by atoms with E-state index in [9.17, 15) is 14.4 Å². The molecular formula is C17H22N2O4S. The Hall–Kier alpha value is -2.15. The van der Waals surface area contributed by atoms with E-state index in [2.05, 4.69) is 17.6 Å². The first-order valence-electron chi connectivity index (χ1n) is 8.03. The molecule has 2 rings (SSSR count). The Morgan fingerprint density at radius 3 is 2.83 bits per heavy atom. The Balaban J connectivity index is 1.66. The molecule has 3 amide bonds. The SMILES string of the molecule is C[C@H]1CCCC[C@H]1NC(=O)NC(=O)COC(=O)/C=C/c1cccs1. The van der Waals surface area contributed by atoms with Crippen LogP contribution in [-0.4, -0.2) is 30.6 Å². The molecule has 1 aromatic rings. The molecule has 0 aliphatic heterocycles. The van der Waals surface area contributed by atoms with Crippen LogP contribution in [0.25, 0.3) is 6.08 Å². The fourth-order valence-electron chi connectivity index (χ4n) is 2.62. The van der Waals surface area contributed by atoms with Crippen molar-refractivity contribution in [3.05, 3.63) is 28.5 Å². The largest absolute Gasteiger partial charge is 0.452 e. The molecule has 1 aliphatic carbocycles. The Morgan fingerprint density at radius 1 is 1.33 bits per heavy atom. The minimum absolute atomic E-state index is 0.0860. The maximum atomic E-state index is 11.8. The fraction of sp³-hybridized carbons (Fsp3) is 0.471. The zero-order chi connectivity index (χ0) is 17.4. The molecule has 0 saturated heterocycles. The second-order valence-corrected chi connectivity index (χ2v) is 6.83. The van der Waals surface area contributed by atoms with E-state index < -0.39 is 24.5 Å². The van der Waals surface area contributed by atoms with Gasteiger partial charge in [-0.1, -0.05) is 25.8 Å². The zero-order valence-electron chi connectivity index (χ0n) is 13.6. The first-order valence-corrected chi connectivity index (χ1v) is 8.91. The summed E-state index contributed by atoms with van der Waals surface area (Å²) in [5.41, 5.74) is 0. The third kappa shape index (κ3) is 6.16. The molecule has 1 fully saturated rings. The first-order chi connectivity index (χ1) is 11.5. The number of thiophene rings is 1. The second-order valence-electron chi connectivity index (χ2n) is 5.85. The van der Waals surface area contributed by atoms with Crippen LogP contribution in [0.3, 0.4) is 0 Å². The summed E-state index contributed by atoms with van der Waals surface area (Å²) in [5.74, 6) is -0.867. The van der Waals surface area contributed by atoms with E-state index in [4.69, 9.17) is 4.74 Å². The maximum Gasteiger partial charge on any atom is 0.331 e. The highest BCUT2D eigenvalue weighted by Crippen LogP contribution is 2.23. The number of amides is 3. The first kappa shape index (κ1) is 18.2. The fourth-order valence-corrected chi connectivity index (χ4v) is 3.24. The van der Waals surface area contributed by atoms with Gasteiger partial charge in [0.2, 0.25) is 0 Å². The van der Waals surface area contributed by atoms with Gasteiger partial charge in [0.05, 0.1) is 0 Å². The number of ether oxygens (including phenoxy) is 1. The van der Waals surface area contributed by atoms with Gasteiger partial charge >= 0.3 is 12.0 Å². The highest BCUT2D eigenvalue weighted by atomic mass is 32.1. The summed E-state index contributed by atoms with van der Waals surface area (Å²) in [6.45, 7) is 1.61. The highest BCUT2D eigenvalue weighted by Gasteiger charge is 2.23. The minimum atomic E-state index is -0.645. The summed E-state index contributed by atoms with van der Waals surface area (Å²) < 4.78 is 4.80. The summed E-state index contributed by atoms with van der Waals surface area (Å²) in [7, 11) is 0. The van der Waals surface area contributed by atoms with Crippen molar-refractivity contribution in [1.82, 2.24) is 10.6 Å². The van der Waals surface area contributed by atoms with E-state index in [0.29, 0.717) is 5.92 Å². The van der Waals surface area contributed by atoms with Gasteiger partial charge in [0.15, 0.2) is 6.61 Å². The number of esters is 1. The highest BCUT2D eigenvalue weighted by molar-refractivity contribution is 7.10. The van der Waals surface area contributed by atoms with Gasteiger partial charge in [-0.3, -0.25) is 10.1 Å². The Kier molecular flexibility index (Phi) is 6.99. The van der Waals surface area contributed by atoms with Crippen LogP contribution in [0.2, 0.25) is 0 Å². The molecule has 7 heteroatoms. The van der Waals surface area contributed by atoms with Crippen molar-refractivity contribution < 1.29 is 19.1 Å². The molecular weight excluding hydrogens is 328 g/mol. The summed E-state index contributed by atoms with van der Waals surface area (Å²) in [6, 6.07) is 3.28. The van der Waals surface area contributed by atoms with Crippen LogP contribution in [-0.2, 0) is 14.3 Å². The average molecular weight is 350 g/mol. The van der Waals surface area contributed by atoms with E-state index in [1.165, 1.54) is 23.8 Å². The lowest BCUT2D eigenvalue weighted by Crippen LogP contribution is -2.48. The molecule has 1 aliphatic rings. The lowest BCUT2D eigenvalue weighted by molar-refractivity contribution is -0.143. The normalized spacial score (nSPS) is 20.5. The summed E-state index contributed by atoms with van der Waals surface area (Å²) in [5, 5.41) is 6.88. The van der Waals surface area contributed by atoms with Crippen molar-refractivity contribution in [1.29, 1.82) is 0 Å². The molecule has 0 radical (unpaired) electrons. The van der Waals surface area contributed by atoms with Crippen molar-refractivity contribution in [3.63, 3.8) is 0 Å². The Labute approximate surface area is 145 Å². The van der Waals surface area contributed by atoms with Gasteiger partial charge in [0.1, 0.15) is 0 Å². The Bertz CT molecular complexity index is 598.